The van der Waals surface area contributed by atoms with Crippen molar-refractivity contribution in [2.75, 3.05) is 17.7 Å². The first-order valence-corrected chi connectivity index (χ1v) is 8.22. The van der Waals surface area contributed by atoms with Gasteiger partial charge in [-0.15, -0.1) is 0 Å². The van der Waals surface area contributed by atoms with Gasteiger partial charge in [-0.3, -0.25) is 9.59 Å². The molecule has 2 aromatic rings. The van der Waals surface area contributed by atoms with E-state index < -0.39 is 17.8 Å². The summed E-state index contributed by atoms with van der Waals surface area (Å²) in [7, 11) is 1.26. The predicted octanol–water partition coefficient (Wildman–Crippen LogP) is 3.71. The van der Waals surface area contributed by atoms with Gasteiger partial charge in [-0.2, -0.15) is 0 Å². The van der Waals surface area contributed by atoms with Gasteiger partial charge >= 0.3 is 5.97 Å². The predicted molar refractivity (Wildman–Crippen MR) is 101 cm³/mol. The van der Waals surface area contributed by atoms with Crippen LogP contribution in [0.3, 0.4) is 0 Å². The minimum Gasteiger partial charge on any atom is -0.465 e. The van der Waals surface area contributed by atoms with Gasteiger partial charge in [-0.25, -0.2) is 4.79 Å². The number of amides is 2. The molecule has 0 atom stereocenters. The maximum atomic E-state index is 12.1. The number of hydrogen-bond donors (Lipinski definition) is 2. The number of anilines is 2. The van der Waals surface area contributed by atoms with Crippen LogP contribution in [0.1, 0.15) is 27.9 Å². The Morgan fingerprint density at radius 2 is 1.62 bits per heavy atom. The summed E-state index contributed by atoms with van der Waals surface area (Å²) in [6.07, 6.45) is -0.383. The number of nitrogens with one attached hydrogen (secondary N) is 2. The number of benzene rings is 2. The Labute approximate surface area is 156 Å². The van der Waals surface area contributed by atoms with E-state index in [1.807, 2.05) is 32.0 Å². The van der Waals surface area contributed by atoms with Gasteiger partial charge in [0.2, 0.25) is 11.8 Å². The van der Waals surface area contributed by atoms with E-state index in [0.29, 0.717) is 5.69 Å². The largest absolute Gasteiger partial charge is 0.465 e. The second kappa shape index (κ2) is 8.49. The molecule has 7 heteroatoms. The van der Waals surface area contributed by atoms with Crippen molar-refractivity contribution in [2.45, 2.75) is 20.3 Å². The van der Waals surface area contributed by atoms with Crippen molar-refractivity contribution in [2.24, 2.45) is 0 Å². The number of carbonyl (C=O) groups is 3. The summed E-state index contributed by atoms with van der Waals surface area (Å²) in [5, 5.41) is 5.50. The molecule has 0 radical (unpaired) electrons. The molecular weight excluding hydrogens is 356 g/mol. The summed E-state index contributed by atoms with van der Waals surface area (Å²) in [5.74, 6) is -1.54. The van der Waals surface area contributed by atoms with Crippen molar-refractivity contribution in [1.82, 2.24) is 0 Å². The molecule has 2 rings (SSSR count). The van der Waals surface area contributed by atoms with Crippen LogP contribution >= 0.6 is 11.6 Å². The number of methoxy groups -OCH3 is 1. The molecule has 0 spiro atoms. The molecule has 2 N–H and O–H groups in total. The van der Waals surface area contributed by atoms with Crippen LogP contribution in [0, 0.1) is 13.8 Å². The lowest BCUT2D eigenvalue weighted by Gasteiger charge is -2.11. The van der Waals surface area contributed by atoms with Crippen molar-refractivity contribution in [1.29, 1.82) is 0 Å². The van der Waals surface area contributed by atoms with E-state index in [0.717, 1.165) is 11.1 Å². The molecule has 0 bridgehead atoms. The average Bonchev–Trinajstić information content (AvgIpc) is 2.59. The van der Waals surface area contributed by atoms with Gasteiger partial charge in [0, 0.05) is 5.69 Å². The zero-order valence-electron chi connectivity index (χ0n) is 14.7. The van der Waals surface area contributed by atoms with E-state index in [4.69, 9.17) is 11.6 Å². The van der Waals surface area contributed by atoms with Gasteiger partial charge < -0.3 is 15.4 Å². The van der Waals surface area contributed by atoms with Crippen molar-refractivity contribution in [3.63, 3.8) is 0 Å². The quantitative estimate of drug-likeness (QED) is 0.617. The fourth-order valence-corrected chi connectivity index (χ4v) is 2.44. The number of ether oxygens (including phenoxy) is 1. The summed E-state index contributed by atoms with van der Waals surface area (Å²) in [6, 6.07) is 10.0. The number of hydrogen-bond acceptors (Lipinski definition) is 4. The van der Waals surface area contributed by atoms with E-state index in [-0.39, 0.29) is 22.7 Å². The highest BCUT2D eigenvalue weighted by Crippen LogP contribution is 2.24. The standard InChI is InChI=1S/C19H19ClN2O4/c1-11-4-5-12(2)15(8-11)21-17(23)10-18(24)22-16-9-13(19(25)26-3)6-7-14(16)20/h4-9H,10H2,1-3H3,(H,21,23)(H,22,24). The van der Waals surface area contributed by atoms with Crippen LogP contribution in [-0.2, 0) is 14.3 Å². The Morgan fingerprint density at radius 1 is 0.962 bits per heavy atom. The second-order valence-corrected chi connectivity index (χ2v) is 6.18. The van der Waals surface area contributed by atoms with Crippen LogP contribution in [0.25, 0.3) is 0 Å². The van der Waals surface area contributed by atoms with Crippen LogP contribution in [0.5, 0.6) is 0 Å². The number of aryl methyl sites for hydroxylation is 2. The molecule has 0 aliphatic rings. The summed E-state index contributed by atoms with van der Waals surface area (Å²) < 4.78 is 4.63. The lowest BCUT2D eigenvalue weighted by atomic mass is 10.1. The fourth-order valence-electron chi connectivity index (χ4n) is 2.27. The third kappa shape index (κ3) is 5.07. The van der Waals surface area contributed by atoms with Gasteiger partial charge in [0.15, 0.2) is 0 Å². The fraction of sp³-hybridized carbons (Fsp3) is 0.211. The second-order valence-electron chi connectivity index (χ2n) is 5.78. The normalized spacial score (nSPS) is 10.2. The van der Waals surface area contributed by atoms with E-state index in [1.165, 1.54) is 25.3 Å². The number of carbonyl (C=O) groups excluding carboxylic acids is 3. The molecular formula is C19H19ClN2O4. The Bertz CT molecular complexity index is 865. The minimum atomic E-state index is -0.551. The van der Waals surface area contributed by atoms with Gasteiger partial charge in [0.1, 0.15) is 6.42 Å². The maximum absolute atomic E-state index is 12.1. The highest BCUT2D eigenvalue weighted by atomic mass is 35.5. The molecule has 0 aromatic heterocycles. The van der Waals surface area contributed by atoms with Crippen LogP contribution in [0.4, 0.5) is 11.4 Å². The van der Waals surface area contributed by atoms with Crippen molar-refractivity contribution in [3.8, 4) is 0 Å². The molecule has 2 aromatic carbocycles. The summed E-state index contributed by atoms with van der Waals surface area (Å²) in [6.45, 7) is 3.78. The van der Waals surface area contributed by atoms with E-state index in [2.05, 4.69) is 15.4 Å². The Hall–Kier alpha value is -2.86. The van der Waals surface area contributed by atoms with E-state index in [1.54, 1.807) is 0 Å². The zero-order valence-corrected chi connectivity index (χ0v) is 15.4. The molecule has 136 valence electrons. The first-order chi connectivity index (χ1) is 12.3. The smallest absolute Gasteiger partial charge is 0.337 e. The molecule has 0 saturated heterocycles. The molecule has 0 fully saturated rings. The summed E-state index contributed by atoms with van der Waals surface area (Å²) in [4.78, 5) is 35.8. The van der Waals surface area contributed by atoms with Crippen LogP contribution in [0.15, 0.2) is 36.4 Å². The molecule has 6 nitrogen and oxygen atoms in total. The third-order valence-corrected chi connectivity index (χ3v) is 3.98. The maximum Gasteiger partial charge on any atom is 0.337 e. The van der Waals surface area contributed by atoms with Crippen molar-refractivity contribution in [3.05, 3.63) is 58.1 Å². The van der Waals surface area contributed by atoms with Gasteiger partial charge in [-0.1, -0.05) is 23.7 Å². The summed E-state index contributed by atoms with van der Waals surface area (Å²) in [5.41, 5.74) is 3.04. The van der Waals surface area contributed by atoms with Gasteiger partial charge in [0.25, 0.3) is 0 Å². The highest BCUT2D eigenvalue weighted by Gasteiger charge is 2.14. The molecule has 0 aliphatic carbocycles. The minimum absolute atomic E-state index is 0.235. The molecule has 2 amide bonds. The van der Waals surface area contributed by atoms with Crippen LogP contribution < -0.4 is 10.6 Å². The molecule has 0 aliphatic heterocycles. The molecule has 0 heterocycles. The van der Waals surface area contributed by atoms with Crippen molar-refractivity contribution >= 4 is 40.8 Å². The van der Waals surface area contributed by atoms with Crippen molar-refractivity contribution < 1.29 is 19.1 Å². The van der Waals surface area contributed by atoms with Gasteiger partial charge in [0.05, 0.1) is 23.4 Å². The first-order valence-electron chi connectivity index (χ1n) is 7.85. The zero-order chi connectivity index (χ0) is 19.3. The van der Waals surface area contributed by atoms with E-state index >= 15 is 0 Å². The number of esters is 1. The van der Waals surface area contributed by atoms with Crippen LogP contribution in [-0.4, -0.2) is 24.9 Å². The Balaban J connectivity index is 2.03. The highest BCUT2D eigenvalue weighted by molar-refractivity contribution is 6.34. The van der Waals surface area contributed by atoms with E-state index in [9.17, 15) is 14.4 Å². The lowest BCUT2D eigenvalue weighted by Crippen LogP contribution is -2.22. The number of halogens is 1. The monoisotopic (exact) mass is 374 g/mol. The third-order valence-electron chi connectivity index (χ3n) is 3.65. The lowest BCUT2D eigenvalue weighted by molar-refractivity contribution is -0.123. The Morgan fingerprint density at radius 3 is 2.27 bits per heavy atom. The topological polar surface area (TPSA) is 84.5 Å². The first kappa shape index (κ1) is 19.5. The summed E-state index contributed by atoms with van der Waals surface area (Å²) >= 11 is 6.03. The average molecular weight is 375 g/mol. The van der Waals surface area contributed by atoms with Gasteiger partial charge in [-0.05, 0) is 49.2 Å². The molecule has 0 unspecified atom stereocenters. The molecule has 0 saturated carbocycles. The molecule has 26 heavy (non-hydrogen) atoms. The van der Waals surface area contributed by atoms with Crippen LogP contribution in [0.2, 0.25) is 5.02 Å². The Kier molecular flexibility index (Phi) is 6.36. The number of rotatable bonds is 5. The SMILES string of the molecule is COC(=O)c1ccc(Cl)c(NC(=O)CC(=O)Nc2cc(C)ccc2C)c1.